The van der Waals surface area contributed by atoms with Crippen molar-refractivity contribution in [2.24, 2.45) is 0 Å². The summed E-state index contributed by atoms with van der Waals surface area (Å²) in [6, 6.07) is 10.5. The quantitative estimate of drug-likeness (QED) is 0.833. The molecule has 0 bridgehead atoms. The number of hydrogen-bond donors (Lipinski definition) is 1. The molecule has 1 atom stereocenters. The van der Waals surface area contributed by atoms with Gasteiger partial charge in [0, 0.05) is 12.1 Å². The molecule has 0 radical (unpaired) electrons. The van der Waals surface area contributed by atoms with Crippen LogP contribution in [0.2, 0.25) is 0 Å². The maximum atomic E-state index is 3.65. The topological polar surface area (TPSA) is 12.0 Å². The molecule has 1 aliphatic carbocycles. The van der Waals surface area contributed by atoms with E-state index >= 15 is 0 Å². The van der Waals surface area contributed by atoms with E-state index in [1.807, 2.05) is 0 Å². The van der Waals surface area contributed by atoms with Crippen molar-refractivity contribution in [1.82, 2.24) is 5.32 Å². The van der Waals surface area contributed by atoms with E-state index in [0.717, 1.165) is 12.5 Å². The van der Waals surface area contributed by atoms with Gasteiger partial charge in [0.1, 0.15) is 0 Å². The lowest BCUT2D eigenvalue weighted by Crippen LogP contribution is -2.29. The predicted octanol–water partition coefficient (Wildman–Crippen LogP) is 3.67. The molecule has 94 valence electrons. The zero-order valence-corrected chi connectivity index (χ0v) is 11.6. The molecular formula is C16H25N. The van der Waals surface area contributed by atoms with Gasteiger partial charge in [0.15, 0.2) is 0 Å². The Morgan fingerprint density at radius 2 is 1.76 bits per heavy atom. The second-order valence-corrected chi connectivity index (χ2v) is 6.49. The van der Waals surface area contributed by atoms with Gasteiger partial charge < -0.3 is 5.32 Å². The first-order valence-corrected chi connectivity index (χ1v) is 6.80. The average Bonchev–Trinajstić information content (AvgIpc) is 3.01. The van der Waals surface area contributed by atoms with Gasteiger partial charge in [0.2, 0.25) is 0 Å². The monoisotopic (exact) mass is 231 g/mol. The van der Waals surface area contributed by atoms with Crippen molar-refractivity contribution >= 4 is 0 Å². The molecule has 1 saturated carbocycles. The molecule has 2 rings (SSSR count). The Labute approximate surface area is 106 Å². The molecule has 0 saturated heterocycles. The summed E-state index contributed by atoms with van der Waals surface area (Å²) in [7, 11) is 0. The fraction of sp³-hybridized carbons (Fsp3) is 0.625. The molecule has 0 amide bonds. The van der Waals surface area contributed by atoms with Gasteiger partial charge in [0.05, 0.1) is 0 Å². The summed E-state index contributed by atoms with van der Waals surface area (Å²) in [4.78, 5) is 0. The second-order valence-electron chi connectivity index (χ2n) is 6.49. The van der Waals surface area contributed by atoms with Crippen molar-refractivity contribution in [3.8, 4) is 0 Å². The SMILES string of the molecule is CC(Cc1ccc(C(C)(C)C)cc1)NC1CC1. The third-order valence-corrected chi connectivity index (χ3v) is 3.46. The summed E-state index contributed by atoms with van der Waals surface area (Å²) < 4.78 is 0. The van der Waals surface area contributed by atoms with Crippen LogP contribution in [0, 0.1) is 0 Å². The Balaban J connectivity index is 1.92. The molecule has 1 unspecified atom stereocenters. The molecule has 0 spiro atoms. The molecular weight excluding hydrogens is 206 g/mol. The van der Waals surface area contributed by atoms with E-state index in [1.54, 1.807) is 0 Å². The summed E-state index contributed by atoms with van der Waals surface area (Å²) in [5.74, 6) is 0. The highest BCUT2D eigenvalue weighted by atomic mass is 15.0. The zero-order valence-electron chi connectivity index (χ0n) is 11.6. The lowest BCUT2D eigenvalue weighted by atomic mass is 9.86. The Bertz CT molecular complexity index is 354. The molecule has 0 heterocycles. The summed E-state index contributed by atoms with van der Waals surface area (Å²) in [5, 5.41) is 3.65. The Hall–Kier alpha value is -0.820. The van der Waals surface area contributed by atoms with E-state index < -0.39 is 0 Å². The van der Waals surface area contributed by atoms with Gasteiger partial charge in [-0.2, -0.15) is 0 Å². The highest BCUT2D eigenvalue weighted by Gasteiger charge is 2.22. The minimum absolute atomic E-state index is 0.260. The highest BCUT2D eigenvalue weighted by molar-refractivity contribution is 5.27. The molecule has 1 fully saturated rings. The molecule has 1 heteroatoms. The maximum Gasteiger partial charge on any atom is 0.00817 e. The molecule has 1 N–H and O–H groups in total. The Morgan fingerprint density at radius 3 is 2.24 bits per heavy atom. The number of rotatable bonds is 4. The first-order valence-electron chi connectivity index (χ1n) is 6.80. The smallest absolute Gasteiger partial charge is 0.00817 e. The van der Waals surface area contributed by atoms with E-state index in [4.69, 9.17) is 0 Å². The first kappa shape index (κ1) is 12.6. The van der Waals surface area contributed by atoms with E-state index in [-0.39, 0.29) is 5.41 Å². The Kier molecular flexibility index (Phi) is 3.58. The number of benzene rings is 1. The van der Waals surface area contributed by atoms with E-state index in [9.17, 15) is 0 Å². The summed E-state index contributed by atoms with van der Waals surface area (Å²) in [5.41, 5.74) is 3.12. The first-order chi connectivity index (χ1) is 7.95. The van der Waals surface area contributed by atoms with Crippen LogP contribution in [0.25, 0.3) is 0 Å². The predicted molar refractivity (Wildman–Crippen MR) is 74.5 cm³/mol. The zero-order chi connectivity index (χ0) is 12.5. The van der Waals surface area contributed by atoms with Gasteiger partial charge in [0.25, 0.3) is 0 Å². The van der Waals surface area contributed by atoms with Crippen molar-refractivity contribution in [3.05, 3.63) is 35.4 Å². The normalized spacial score (nSPS) is 18.1. The summed E-state index contributed by atoms with van der Waals surface area (Å²) >= 11 is 0. The van der Waals surface area contributed by atoms with Crippen LogP contribution in [0.15, 0.2) is 24.3 Å². The van der Waals surface area contributed by atoms with Crippen LogP contribution in [0.4, 0.5) is 0 Å². The van der Waals surface area contributed by atoms with Crippen LogP contribution in [0.3, 0.4) is 0 Å². The molecule has 1 nitrogen and oxygen atoms in total. The van der Waals surface area contributed by atoms with Crippen molar-refractivity contribution in [1.29, 1.82) is 0 Å². The molecule has 0 aromatic heterocycles. The van der Waals surface area contributed by atoms with Gasteiger partial charge in [-0.05, 0) is 42.7 Å². The van der Waals surface area contributed by atoms with Crippen LogP contribution in [0.1, 0.15) is 51.7 Å². The molecule has 1 aromatic carbocycles. The van der Waals surface area contributed by atoms with Gasteiger partial charge in [-0.25, -0.2) is 0 Å². The summed E-state index contributed by atoms with van der Waals surface area (Å²) in [6.45, 7) is 9.08. The van der Waals surface area contributed by atoms with Crippen molar-refractivity contribution < 1.29 is 0 Å². The van der Waals surface area contributed by atoms with Crippen LogP contribution in [0.5, 0.6) is 0 Å². The fourth-order valence-corrected chi connectivity index (χ4v) is 2.21. The minimum atomic E-state index is 0.260. The van der Waals surface area contributed by atoms with Gasteiger partial charge >= 0.3 is 0 Å². The largest absolute Gasteiger partial charge is 0.311 e. The van der Waals surface area contributed by atoms with Crippen LogP contribution in [-0.4, -0.2) is 12.1 Å². The third kappa shape index (κ3) is 3.85. The van der Waals surface area contributed by atoms with Crippen LogP contribution >= 0.6 is 0 Å². The lowest BCUT2D eigenvalue weighted by molar-refractivity contribution is 0.542. The second kappa shape index (κ2) is 4.81. The fourth-order valence-electron chi connectivity index (χ4n) is 2.21. The van der Waals surface area contributed by atoms with Crippen LogP contribution < -0.4 is 5.32 Å². The highest BCUT2D eigenvalue weighted by Crippen LogP contribution is 2.23. The standard InChI is InChI=1S/C16H25N/c1-12(17-15-9-10-15)11-13-5-7-14(8-6-13)16(2,3)4/h5-8,12,15,17H,9-11H2,1-4H3. The van der Waals surface area contributed by atoms with Gasteiger partial charge in [-0.3, -0.25) is 0 Å². The molecule has 1 aromatic rings. The lowest BCUT2D eigenvalue weighted by Gasteiger charge is -2.20. The third-order valence-electron chi connectivity index (χ3n) is 3.46. The van der Waals surface area contributed by atoms with Gasteiger partial charge in [-0.1, -0.05) is 45.0 Å². The van der Waals surface area contributed by atoms with Crippen molar-refractivity contribution in [2.45, 2.75) is 64.5 Å². The average molecular weight is 231 g/mol. The maximum absolute atomic E-state index is 3.65. The van der Waals surface area contributed by atoms with Crippen molar-refractivity contribution in [2.75, 3.05) is 0 Å². The molecule has 17 heavy (non-hydrogen) atoms. The number of nitrogens with one attached hydrogen (secondary N) is 1. The molecule has 0 aliphatic heterocycles. The van der Waals surface area contributed by atoms with E-state index in [2.05, 4.69) is 57.3 Å². The summed E-state index contributed by atoms with van der Waals surface area (Å²) in [6.07, 6.45) is 3.88. The van der Waals surface area contributed by atoms with E-state index in [1.165, 1.54) is 24.0 Å². The minimum Gasteiger partial charge on any atom is -0.311 e. The molecule has 1 aliphatic rings. The number of hydrogen-bond acceptors (Lipinski definition) is 1. The van der Waals surface area contributed by atoms with E-state index in [0.29, 0.717) is 6.04 Å². The van der Waals surface area contributed by atoms with Gasteiger partial charge in [-0.15, -0.1) is 0 Å². The van der Waals surface area contributed by atoms with Crippen molar-refractivity contribution in [3.63, 3.8) is 0 Å². The Morgan fingerprint density at radius 1 is 1.18 bits per heavy atom. The van der Waals surface area contributed by atoms with Crippen LogP contribution in [-0.2, 0) is 11.8 Å².